The average molecular weight is 293 g/mol. The van der Waals surface area contributed by atoms with Crippen LogP contribution < -0.4 is 0 Å². The van der Waals surface area contributed by atoms with Crippen molar-refractivity contribution in [3.63, 3.8) is 0 Å². The van der Waals surface area contributed by atoms with Crippen molar-refractivity contribution >= 4 is 29.6 Å². The van der Waals surface area contributed by atoms with Gasteiger partial charge in [0.15, 0.2) is 0 Å². The Morgan fingerprint density at radius 3 is 2.15 bits per heavy atom. The zero-order valence-electron chi connectivity index (χ0n) is 11.1. The lowest BCUT2D eigenvalue weighted by Gasteiger charge is -2.29. The highest BCUT2D eigenvalue weighted by atomic mass is 35.5. The largest absolute Gasteiger partial charge is 0.419 e. The summed E-state index contributed by atoms with van der Waals surface area (Å²) in [5, 5.41) is 0.641. The van der Waals surface area contributed by atoms with Crippen molar-refractivity contribution in [3.05, 3.63) is 52.6 Å². The SMILES string of the molecule is CC1(C)OC(=O)C(=CC=Cc2ccc(Cl)cc2)C(=O)O1. The molecule has 0 spiro atoms. The van der Waals surface area contributed by atoms with E-state index in [1.165, 1.54) is 19.9 Å². The molecule has 5 heteroatoms. The number of hydrogen-bond acceptors (Lipinski definition) is 4. The van der Waals surface area contributed by atoms with Crippen LogP contribution in [0.2, 0.25) is 5.02 Å². The zero-order valence-corrected chi connectivity index (χ0v) is 11.8. The highest BCUT2D eigenvalue weighted by Crippen LogP contribution is 2.22. The third-order valence-corrected chi connectivity index (χ3v) is 2.79. The lowest BCUT2D eigenvalue weighted by Crippen LogP contribution is -2.41. The van der Waals surface area contributed by atoms with Crippen LogP contribution in [0.15, 0.2) is 42.0 Å². The molecule has 20 heavy (non-hydrogen) atoms. The van der Waals surface area contributed by atoms with Gasteiger partial charge in [-0.05, 0) is 23.8 Å². The fourth-order valence-corrected chi connectivity index (χ4v) is 1.75. The van der Waals surface area contributed by atoms with E-state index < -0.39 is 17.7 Å². The quantitative estimate of drug-likeness (QED) is 0.477. The number of esters is 2. The lowest BCUT2D eigenvalue weighted by atomic mass is 10.1. The zero-order chi connectivity index (χ0) is 14.8. The monoisotopic (exact) mass is 292 g/mol. The van der Waals surface area contributed by atoms with Crippen LogP contribution in [0.5, 0.6) is 0 Å². The van der Waals surface area contributed by atoms with E-state index in [2.05, 4.69) is 0 Å². The Kier molecular flexibility index (Phi) is 3.95. The molecule has 0 saturated carbocycles. The topological polar surface area (TPSA) is 52.6 Å². The summed E-state index contributed by atoms with van der Waals surface area (Å²) < 4.78 is 9.95. The van der Waals surface area contributed by atoms with Crippen molar-refractivity contribution in [1.29, 1.82) is 0 Å². The molecule has 104 valence electrons. The Balaban J connectivity index is 2.13. The van der Waals surface area contributed by atoms with Gasteiger partial charge in [-0.3, -0.25) is 0 Å². The van der Waals surface area contributed by atoms with Crippen molar-refractivity contribution < 1.29 is 19.1 Å². The second-order valence-corrected chi connectivity index (χ2v) is 5.11. The summed E-state index contributed by atoms with van der Waals surface area (Å²) in [7, 11) is 0. The maximum absolute atomic E-state index is 11.7. The van der Waals surface area contributed by atoms with E-state index >= 15 is 0 Å². The Morgan fingerprint density at radius 1 is 1.05 bits per heavy atom. The molecule has 1 fully saturated rings. The Bertz CT molecular complexity index is 575. The van der Waals surface area contributed by atoms with Gasteiger partial charge >= 0.3 is 11.9 Å². The number of rotatable bonds is 2. The summed E-state index contributed by atoms with van der Waals surface area (Å²) in [4.78, 5) is 23.3. The van der Waals surface area contributed by atoms with Crippen LogP contribution in [0, 0.1) is 0 Å². The predicted octanol–water partition coefficient (Wildman–Crippen LogP) is 3.12. The van der Waals surface area contributed by atoms with E-state index in [1.54, 1.807) is 24.3 Å². The molecule has 1 aromatic carbocycles. The first-order valence-corrected chi connectivity index (χ1v) is 6.36. The van der Waals surface area contributed by atoms with Gasteiger partial charge in [0, 0.05) is 18.9 Å². The molecule has 0 unspecified atom stereocenters. The molecule has 4 nitrogen and oxygen atoms in total. The van der Waals surface area contributed by atoms with Gasteiger partial charge in [-0.2, -0.15) is 0 Å². The third-order valence-electron chi connectivity index (χ3n) is 2.54. The molecule has 0 radical (unpaired) electrons. The molecule has 2 rings (SSSR count). The summed E-state index contributed by atoms with van der Waals surface area (Å²) >= 11 is 5.77. The second kappa shape index (κ2) is 5.51. The Morgan fingerprint density at radius 2 is 1.60 bits per heavy atom. The smallest absolute Gasteiger partial charge is 0.348 e. The minimum absolute atomic E-state index is 0.130. The van der Waals surface area contributed by atoms with E-state index in [4.69, 9.17) is 21.1 Å². The van der Waals surface area contributed by atoms with E-state index in [1.807, 2.05) is 12.1 Å². The second-order valence-electron chi connectivity index (χ2n) is 4.67. The van der Waals surface area contributed by atoms with Gasteiger partial charge in [-0.15, -0.1) is 0 Å². The van der Waals surface area contributed by atoms with Crippen molar-refractivity contribution in [1.82, 2.24) is 0 Å². The van der Waals surface area contributed by atoms with Crippen LogP contribution in [0.3, 0.4) is 0 Å². The van der Waals surface area contributed by atoms with Crippen LogP contribution in [-0.2, 0) is 19.1 Å². The first kappa shape index (κ1) is 14.3. The van der Waals surface area contributed by atoms with E-state index in [9.17, 15) is 9.59 Å². The minimum atomic E-state index is -1.22. The molecule has 0 bridgehead atoms. The number of carbonyl (C=O) groups is 2. The fraction of sp³-hybridized carbons (Fsp3) is 0.200. The molecule has 0 aromatic heterocycles. The maximum Gasteiger partial charge on any atom is 0.348 e. The molecule has 0 N–H and O–H groups in total. The standard InChI is InChI=1S/C15H13ClO4/c1-15(2)19-13(17)12(14(18)20-15)5-3-4-10-6-8-11(16)9-7-10/h3-9H,1-2H3. The molecule has 1 aliphatic rings. The van der Waals surface area contributed by atoms with Gasteiger partial charge < -0.3 is 9.47 Å². The van der Waals surface area contributed by atoms with E-state index in [0.29, 0.717) is 5.02 Å². The maximum atomic E-state index is 11.7. The molecular formula is C15H13ClO4. The lowest BCUT2D eigenvalue weighted by molar-refractivity contribution is -0.222. The van der Waals surface area contributed by atoms with Crippen molar-refractivity contribution in [2.45, 2.75) is 19.6 Å². The van der Waals surface area contributed by atoms with Crippen molar-refractivity contribution in [3.8, 4) is 0 Å². The highest BCUT2D eigenvalue weighted by Gasteiger charge is 2.38. The normalized spacial score (nSPS) is 17.9. The number of cyclic esters (lactones) is 2. The van der Waals surface area contributed by atoms with Crippen LogP contribution in [-0.4, -0.2) is 17.7 Å². The average Bonchev–Trinajstić information content (AvgIpc) is 2.33. The minimum Gasteiger partial charge on any atom is -0.419 e. The van der Waals surface area contributed by atoms with Crippen molar-refractivity contribution in [2.24, 2.45) is 0 Å². The third kappa shape index (κ3) is 3.48. The summed E-state index contributed by atoms with van der Waals surface area (Å²) in [5.41, 5.74) is 0.763. The molecule has 1 aliphatic heterocycles. The van der Waals surface area contributed by atoms with Gasteiger partial charge in [-0.1, -0.05) is 35.9 Å². The number of hydrogen-bond donors (Lipinski definition) is 0. The molecule has 1 heterocycles. The number of allylic oxidation sites excluding steroid dienone is 2. The Labute approximate surface area is 121 Å². The molecule has 0 aliphatic carbocycles. The first-order chi connectivity index (χ1) is 9.37. The van der Waals surface area contributed by atoms with Gasteiger partial charge in [-0.25, -0.2) is 9.59 Å². The number of carbonyl (C=O) groups excluding carboxylic acids is 2. The summed E-state index contributed by atoms with van der Waals surface area (Å²) in [6.07, 6.45) is 4.69. The number of benzene rings is 1. The van der Waals surface area contributed by atoms with Gasteiger partial charge in [0.05, 0.1) is 0 Å². The molecule has 0 amide bonds. The highest BCUT2D eigenvalue weighted by molar-refractivity contribution is 6.30. The predicted molar refractivity (Wildman–Crippen MR) is 74.8 cm³/mol. The summed E-state index contributed by atoms with van der Waals surface area (Å²) in [6.45, 7) is 3.01. The molecule has 0 atom stereocenters. The van der Waals surface area contributed by atoms with E-state index in [0.717, 1.165) is 5.56 Å². The molecule has 1 saturated heterocycles. The van der Waals surface area contributed by atoms with Gasteiger partial charge in [0.25, 0.3) is 5.79 Å². The van der Waals surface area contributed by atoms with Crippen molar-refractivity contribution in [2.75, 3.05) is 0 Å². The number of halogens is 1. The fourth-order valence-electron chi connectivity index (χ4n) is 1.63. The summed E-state index contributed by atoms with van der Waals surface area (Å²) in [5.74, 6) is -2.59. The first-order valence-electron chi connectivity index (χ1n) is 5.98. The summed E-state index contributed by atoms with van der Waals surface area (Å²) in [6, 6.07) is 7.13. The van der Waals surface area contributed by atoms with Crippen LogP contribution in [0.1, 0.15) is 19.4 Å². The van der Waals surface area contributed by atoms with Crippen LogP contribution >= 0.6 is 11.6 Å². The molecular weight excluding hydrogens is 280 g/mol. The van der Waals surface area contributed by atoms with Gasteiger partial charge in [0.1, 0.15) is 5.57 Å². The van der Waals surface area contributed by atoms with Crippen LogP contribution in [0.4, 0.5) is 0 Å². The number of ether oxygens (including phenoxy) is 2. The van der Waals surface area contributed by atoms with E-state index in [-0.39, 0.29) is 5.57 Å². The van der Waals surface area contributed by atoms with Gasteiger partial charge in [0.2, 0.25) is 0 Å². The van der Waals surface area contributed by atoms with Crippen LogP contribution in [0.25, 0.3) is 6.08 Å². The Hall–Kier alpha value is -2.07. The molecule has 1 aromatic rings.